The maximum atomic E-state index is 13.1. The number of nitrogens with two attached hydrogens (primary N) is 2. The Balaban J connectivity index is 1.53. The number of nitrogens with one attached hydrogen (secondary N) is 1. The van der Waals surface area contributed by atoms with E-state index in [1.54, 1.807) is 42.5 Å². The highest BCUT2D eigenvalue weighted by Gasteiger charge is 2.21. The second kappa shape index (κ2) is 11.9. The Morgan fingerprint density at radius 2 is 1.61 bits per heavy atom. The van der Waals surface area contributed by atoms with Crippen LogP contribution in [0.5, 0.6) is 17.2 Å². The van der Waals surface area contributed by atoms with Gasteiger partial charge in [0.1, 0.15) is 23.9 Å². The Morgan fingerprint density at radius 3 is 2.28 bits per heavy atom. The number of nitrogens with zero attached hydrogens (tertiary/aromatic N) is 1. The largest absolute Gasteiger partial charge is 0.489 e. The van der Waals surface area contributed by atoms with Crippen molar-refractivity contribution in [1.82, 2.24) is 5.32 Å². The van der Waals surface area contributed by atoms with Crippen molar-refractivity contribution in [3.63, 3.8) is 0 Å². The molecule has 0 aromatic heterocycles. The summed E-state index contributed by atoms with van der Waals surface area (Å²) in [4.78, 5) is 13.1. The topological polar surface area (TPSA) is 132 Å². The molecule has 8 nitrogen and oxygen atoms in total. The molecular formula is C27H29BrN4O4. The lowest BCUT2D eigenvalue weighted by Crippen LogP contribution is -2.40. The predicted octanol–water partition coefficient (Wildman–Crippen LogP) is 4.91. The summed E-state index contributed by atoms with van der Waals surface area (Å²) in [6.45, 7) is 0.340. The van der Waals surface area contributed by atoms with Gasteiger partial charge in [0.2, 0.25) is 0 Å². The molecule has 1 saturated carbocycles. The Morgan fingerprint density at radius 1 is 0.944 bits per heavy atom. The fourth-order valence-corrected chi connectivity index (χ4v) is 4.28. The summed E-state index contributed by atoms with van der Waals surface area (Å²) in [7, 11) is 0. The van der Waals surface area contributed by atoms with E-state index in [0.717, 1.165) is 35.7 Å². The number of hydrogen-bond donors (Lipinski definition) is 4. The van der Waals surface area contributed by atoms with Crippen molar-refractivity contribution in [3.8, 4) is 17.2 Å². The van der Waals surface area contributed by atoms with Crippen molar-refractivity contribution >= 4 is 27.7 Å². The Hall–Kier alpha value is -3.56. The van der Waals surface area contributed by atoms with Gasteiger partial charge in [0.15, 0.2) is 5.84 Å². The number of amidine groups is 1. The average Bonchev–Trinajstić information content (AvgIpc) is 2.89. The summed E-state index contributed by atoms with van der Waals surface area (Å²) in [5.74, 6) is 1.32. The summed E-state index contributed by atoms with van der Waals surface area (Å²) in [5.41, 5.74) is 13.6. The number of oxime groups is 1. The molecule has 0 saturated heterocycles. The van der Waals surface area contributed by atoms with Crippen LogP contribution in [0.25, 0.3) is 0 Å². The highest BCUT2D eigenvalue weighted by atomic mass is 79.9. The third-order valence-corrected chi connectivity index (χ3v) is 6.59. The van der Waals surface area contributed by atoms with Crippen LogP contribution in [0.4, 0.5) is 0 Å². The van der Waals surface area contributed by atoms with Crippen molar-refractivity contribution in [3.05, 3.63) is 87.9 Å². The highest BCUT2D eigenvalue weighted by Crippen LogP contribution is 2.29. The molecule has 3 aromatic carbocycles. The SMILES string of the molecule is N/C(=N\O)c1ccc(Oc2cc(OCc3ccc(Br)cc3)cc(C(=O)NC3CCC(N)CC3)c2)cc1. The monoisotopic (exact) mass is 552 g/mol. The predicted molar refractivity (Wildman–Crippen MR) is 142 cm³/mol. The molecule has 3 aromatic rings. The van der Waals surface area contributed by atoms with Crippen LogP contribution in [-0.2, 0) is 6.61 Å². The Kier molecular flexibility index (Phi) is 8.45. The zero-order chi connectivity index (χ0) is 25.5. The van der Waals surface area contributed by atoms with Gasteiger partial charge in [-0.3, -0.25) is 4.79 Å². The van der Waals surface area contributed by atoms with E-state index in [0.29, 0.717) is 35.0 Å². The van der Waals surface area contributed by atoms with Gasteiger partial charge in [0, 0.05) is 33.7 Å². The molecule has 0 radical (unpaired) electrons. The first-order valence-electron chi connectivity index (χ1n) is 11.7. The maximum Gasteiger partial charge on any atom is 0.251 e. The number of benzene rings is 3. The number of ether oxygens (including phenoxy) is 2. The molecule has 36 heavy (non-hydrogen) atoms. The summed E-state index contributed by atoms with van der Waals surface area (Å²) < 4.78 is 13.0. The number of carbonyl (C=O) groups excluding carboxylic acids is 1. The lowest BCUT2D eigenvalue weighted by atomic mass is 9.91. The Labute approximate surface area is 218 Å². The smallest absolute Gasteiger partial charge is 0.251 e. The summed E-state index contributed by atoms with van der Waals surface area (Å²) in [6, 6.07) is 20.1. The summed E-state index contributed by atoms with van der Waals surface area (Å²) in [6.07, 6.45) is 3.53. The van der Waals surface area contributed by atoms with Crippen LogP contribution in [0.2, 0.25) is 0 Å². The second-order valence-electron chi connectivity index (χ2n) is 8.81. The third kappa shape index (κ3) is 6.99. The summed E-state index contributed by atoms with van der Waals surface area (Å²) >= 11 is 3.43. The van der Waals surface area contributed by atoms with Crippen molar-refractivity contribution in [2.45, 2.75) is 44.4 Å². The van der Waals surface area contributed by atoms with E-state index in [-0.39, 0.29) is 23.8 Å². The lowest BCUT2D eigenvalue weighted by molar-refractivity contribution is 0.0925. The number of hydrogen-bond acceptors (Lipinski definition) is 6. The van der Waals surface area contributed by atoms with Gasteiger partial charge in [0.05, 0.1) is 0 Å². The molecule has 4 rings (SSSR count). The second-order valence-corrected chi connectivity index (χ2v) is 9.72. The minimum Gasteiger partial charge on any atom is -0.489 e. The molecule has 1 fully saturated rings. The van der Waals surface area contributed by atoms with E-state index in [9.17, 15) is 4.79 Å². The van der Waals surface area contributed by atoms with Crippen LogP contribution in [-0.4, -0.2) is 29.0 Å². The number of carbonyl (C=O) groups is 1. The fourth-order valence-electron chi connectivity index (χ4n) is 4.01. The van der Waals surface area contributed by atoms with Crippen LogP contribution in [0.3, 0.4) is 0 Å². The van der Waals surface area contributed by atoms with Gasteiger partial charge in [-0.25, -0.2) is 0 Å². The normalized spacial score (nSPS) is 17.9. The molecule has 9 heteroatoms. The van der Waals surface area contributed by atoms with E-state index in [1.165, 1.54) is 0 Å². The molecule has 0 atom stereocenters. The van der Waals surface area contributed by atoms with E-state index >= 15 is 0 Å². The molecule has 0 aliphatic heterocycles. The number of amides is 1. The van der Waals surface area contributed by atoms with Gasteiger partial charge < -0.3 is 31.5 Å². The van der Waals surface area contributed by atoms with E-state index in [2.05, 4.69) is 26.4 Å². The quantitative estimate of drug-likeness (QED) is 0.136. The maximum absolute atomic E-state index is 13.1. The van der Waals surface area contributed by atoms with Crippen molar-refractivity contribution in [1.29, 1.82) is 0 Å². The third-order valence-electron chi connectivity index (χ3n) is 6.06. The molecule has 1 amide bonds. The number of rotatable bonds is 8. The van der Waals surface area contributed by atoms with E-state index < -0.39 is 0 Å². The highest BCUT2D eigenvalue weighted by molar-refractivity contribution is 9.10. The van der Waals surface area contributed by atoms with Crippen LogP contribution >= 0.6 is 15.9 Å². The van der Waals surface area contributed by atoms with Crippen LogP contribution in [0, 0.1) is 0 Å². The van der Waals surface area contributed by atoms with Gasteiger partial charge in [-0.05, 0) is 79.8 Å². The van der Waals surface area contributed by atoms with E-state index in [4.69, 9.17) is 26.1 Å². The fraction of sp³-hybridized carbons (Fsp3) is 0.259. The molecular weight excluding hydrogens is 524 g/mol. The van der Waals surface area contributed by atoms with Gasteiger partial charge in [0.25, 0.3) is 5.91 Å². The van der Waals surface area contributed by atoms with Crippen LogP contribution in [0.15, 0.2) is 76.4 Å². The molecule has 0 bridgehead atoms. The van der Waals surface area contributed by atoms with Crippen LogP contribution < -0.4 is 26.3 Å². The zero-order valence-corrected chi connectivity index (χ0v) is 21.3. The van der Waals surface area contributed by atoms with Crippen molar-refractivity contribution < 1.29 is 19.5 Å². The minimum atomic E-state index is -0.184. The van der Waals surface area contributed by atoms with Gasteiger partial charge in [-0.1, -0.05) is 33.2 Å². The first-order chi connectivity index (χ1) is 17.4. The first kappa shape index (κ1) is 25.5. The van der Waals surface area contributed by atoms with E-state index in [1.807, 2.05) is 24.3 Å². The van der Waals surface area contributed by atoms with Crippen molar-refractivity contribution in [2.75, 3.05) is 0 Å². The molecule has 0 heterocycles. The molecule has 0 unspecified atom stereocenters. The van der Waals surface area contributed by atoms with Crippen molar-refractivity contribution in [2.24, 2.45) is 16.6 Å². The lowest BCUT2D eigenvalue weighted by Gasteiger charge is -2.26. The minimum absolute atomic E-state index is 0.00696. The standard InChI is InChI=1S/C27H29BrN4O4/c28-20-5-1-17(2-6-20)16-35-24-13-19(27(33)31-22-9-7-21(29)8-10-22)14-25(15-24)36-23-11-3-18(4-12-23)26(30)32-34/h1-6,11-15,21-22,34H,7-10,16,29H2,(H2,30,32)(H,31,33). The first-order valence-corrected chi connectivity index (χ1v) is 12.5. The molecule has 188 valence electrons. The Bertz CT molecular complexity index is 1210. The number of halogens is 1. The van der Waals surface area contributed by atoms with Crippen LogP contribution in [0.1, 0.15) is 47.2 Å². The molecule has 0 spiro atoms. The summed E-state index contributed by atoms with van der Waals surface area (Å²) in [5, 5.41) is 15.0. The molecule has 1 aliphatic carbocycles. The molecule has 1 aliphatic rings. The van der Waals surface area contributed by atoms with Gasteiger partial charge in [-0.2, -0.15) is 0 Å². The zero-order valence-electron chi connectivity index (χ0n) is 19.7. The van der Waals surface area contributed by atoms with Gasteiger partial charge >= 0.3 is 0 Å². The molecule has 6 N–H and O–H groups in total. The van der Waals surface area contributed by atoms with Gasteiger partial charge in [-0.15, -0.1) is 0 Å². The average molecular weight is 553 g/mol.